The third-order valence-corrected chi connectivity index (χ3v) is 4.06. The van der Waals surface area contributed by atoms with E-state index in [1.54, 1.807) is 0 Å². The largest absolute Gasteiger partial charge is 0.382 e. The number of piperidine rings is 1. The Hall–Kier alpha value is -0.730. The fraction of sp³-hybridized carbons (Fsp3) is 0.571. The zero-order valence-electron chi connectivity index (χ0n) is 10.6. The minimum Gasteiger partial charge on any atom is -0.382 e. The van der Waals surface area contributed by atoms with Crippen LogP contribution in [0.5, 0.6) is 0 Å². The molecule has 17 heavy (non-hydrogen) atoms. The fourth-order valence-corrected chi connectivity index (χ4v) is 2.59. The molecule has 0 bridgehead atoms. The van der Waals surface area contributed by atoms with Crippen LogP contribution in [0.4, 0.5) is 5.69 Å². The molecule has 94 valence electrons. The van der Waals surface area contributed by atoms with Crippen LogP contribution in [-0.4, -0.2) is 19.1 Å². The normalized spacial score (nSPS) is 19.0. The molecule has 0 aliphatic carbocycles. The lowest BCUT2D eigenvalue weighted by Crippen LogP contribution is -2.36. The maximum absolute atomic E-state index is 6.13. The van der Waals surface area contributed by atoms with E-state index in [4.69, 9.17) is 11.6 Å². The van der Waals surface area contributed by atoms with Crippen LogP contribution in [0, 0.1) is 12.8 Å². The summed E-state index contributed by atoms with van der Waals surface area (Å²) in [5.74, 6) is 0.760. The van der Waals surface area contributed by atoms with Crippen molar-refractivity contribution < 1.29 is 0 Å². The van der Waals surface area contributed by atoms with Crippen LogP contribution in [-0.2, 0) is 0 Å². The molecule has 2 rings (SSSR count). The Bertz CT molecular complexity index is 372. The predicted octanol–water partition coefficient (Wildman–Crippen LogP) is 3.45. The standard InChI is InChI=1S/C14H21ClN2/c1-10-3-4-13(9-14(10)15)17-11(2)12-5-7-16-8-6-12/h3-4,9,11-12,16-17H,5-8H2,1-2H3. The number of halogens is 1. The number of hydrogen-bond acceptors (Lipinski definition) is 2. The van der Waals surface area contributed by atoms with Gasteiger partial charge >= 0.3 is 0 Å². The summed E-state index contributed by atoms with van der Waals surface area (Å²) in [5.41, 5.74) is 2.26. The summed E-state index contributed by atoms with van der Waals surface area (Å²) in [4.78, 5) is 0. The molecule has 2 nitrogen and oxygen atoms in total. The molecular formula is C14H21ClN2. The van der Waals surface area contributed by atoms with Crippen molar-refractivity contribution in [3.05, 3.63) is 28.8 Å². The zero-order valence-corrected chi connectivity index (χ0v) is 11.3. The lowest BCUT2D eigenvalue weighted by atomic mass is 9.91. The van der Waals surface area contributed by atoms with Crippen LogP contribution in [0.1, 0.15) is 25.3 Å². The van der Waals surface area contributed by atoms with Gasteiger partial charge in [-0.3, -0.25) is 0 Å². The van der Waals surface area contributed by atoms with E-state index < -0.39 is 0 Å². The molecule has 1 heterocycles. The van der Waals surface area contributed by atoms with Gasteiger partial charge in [0.25, 0.3) is 0 Å². The molecule has 1 unspecified atom stereocenters. The van der Waals surface area contributed by atoms with Crippen molar-refractivity contribution in [3.63, 3.8) is 0 Å². The van der Waals surface area contributed by atoms with E-state index in [0.29, 0.717) is 6.04 Å². The van der Waals surface area contributed by atoms with E-state index in [-0.39, 0.29) is 0 Å². The minimum absolute atomic E-state index is 0.510. The summed E-state index contributed by atoms with van der Waals surface area (Å²) >= 11 is 6.13. The Balaban J connectivity index is 1.96. The number of aryl methyl sites for hydroxylation is 1. The Morgan fingerprint density at radius 3 is 2.71 bits per heavy atom. The highest BCUT2D eigenvalue weighted by molar-refractivity contribution is 6.31. The summed E-state index contributed by atoms with van der Waals surface area (Å²) in [7, 11) is 0. The third-order valence-electron chi connectivity index (χ3n) is 3.66. The predicted molar refractivity (Wildman–Crippen MR) is 74.9 cm³/mol. The topological polar surface area (TPSA) is 24.1 Å². The first-order valence-electron chi connectivity index (χ1n) is 6.40. The number of anilines is 1. The average molecular weight is 253 g/mol. The van der Waals surface area contributed by atoms with Crippen LogP contribution in [0.25, 0.3) is 0 Å². The van der Waals surface area contributed by atoms with Crippen molar-refractivity contribution >= 4 is 17.3 Å². The van der Waals surface area contributed by atoms with Gasteiger partial charge < -0.3 is 10.6 Å². The molecular weight excluding hydrogens is 232 g/mol. The number of nitrogens with one attached hydrogen (secondary N) is 2. The summed E-state index contributed by atoms with van der Waals surface area (Å²) in [6.07, 6.45) is 2.52. The van der Waals surface area contributed by atoms with Crippen molar-refractivity contribution in [3.8, 4) is 0 Å². The Morgan fingerprint density at radius 2 is 2.06 bits per heavy atom. The second kappa shape index (κ2) is 5.74. The van der Waals surface area contributed by atoms with Crippen molar-refractivity contribution in [2.45, 2.75) is 32.7 Å². The highest BCUT2D eigenvalue weighted by Crippen LogP contribution is 2.23. The van der Waals surface area contributed by atoms with E-state index in [2.05, 4.69) is 29.7 Å². The Kier molecular flexibility index (Phi) is 4.30. The van der Waals surface area contributed by atoms with Gasteiger partial charge in [0.15, 0.2) is 0 Å². The number of hydrogen-bond donors (Lipinski definition) is 2. The van der Waals surface area contributed by atoms with Crippen LogP contribution in [0.15, 0.2) is 18.2 Å². The highest BCUT2D eigenvalue weighted by Gasteiger charge is 2.19. The van der Waals surface area contributed by atoms with Gasteiger partial charge in [-0.05, 0) is 63.4 Å². The van der Waals surface area contributed by atoms with E-state index in [9.17, 15) is 0 Å². The van der Waals surface area contributed by atoms with Crippen LogP contribution >= 0.6 is 11.6 Å². The van der Waals surface area contributed by atoms with Crippen LogP contribution in [0.3, 0.4) is 0 Å². The monoisotopic (exact) mass is 252 g/mol. The molecule has 0 amide bonds. The molecule has 0 spiro atoms. The molecule has 1 aliphatic rings. The molecule has 1 aromatic rings. The first-order chi connectivity index (χ1) is 8.16. The highest BCUT2D eigenvalue weighted by atomic mass is 35.5. The van der Waals surface area contributed by atoms with Crippen molar-refractivity contribution in [2.75, 3.05) is 18.4 Å². The van der Waals surface area contributed by atoms with E-state index in [1.165, 1.54) is 12.8 Å². The molecule has 1 aliphatic heterocycles. The maximum atomic E-state index is 6.13. The SMILES string of the molecule is Cc1ccc(NC(C)C2CCNCC2)cc1Cl. The first kappa shape index (κ1) is 12.7. The van der Waals surface area contributed by atoms with Crippen molar-refractivity contribution in [2.24, 2.45) is 5.92 Å². The van der Waals surface area contributed by atoms with E-state index >= 15 is 0 Å². The average Bonchev–Trinajstić information content (AvgIpc) is 2.35. The molecule has 3 heteroatoms. The maximum Gasteiger partial charge on any atom is 0.0455 e. The number of rotatable bonds is 3. The number of benzene rings is 1. The van der Waals surface area contributed by atoms with Gasteiger partial charge in [-0.15, -0.1) is 0 Å². The Morgan fingerprint density at radius 1 is 1.35 bits per heavy atom. The Labute approximate surface area is 109 Å². The molecule has 2 N–H and O–H groups in total. The van der Waals surface area contributed by atoms with Gasteiger partial charge in [0.2, 0.25) is 0 Å². The third kappa shape index (κ3) is 3.36. The lowest BCUT2D eigenvalue weighted by molar-refractivity contribution is 0.343. The quantitative estimate of drug-likeness (QED) is 0.861. The second-order valence-electron chi connectivity index (χ2n) is 4.98. The molecule has 1 atom stereocenters. The van der Waals surface area contributed by atoms with Gasteiger partial charge in [0.05, 0.1) is 0 Å². The molecule has 1 saturated heterocycles. The lowest BCUT2D eigenvalue weighted by Gasteiger charge is -2.29. The van der Waals surface area contributed by atoms with E-state index in [0.717, 1.165) is 35.3 Å². The molecule has 0 saturated carbocycles. The van der Waals surface area contributed by atoms with Gasteiger partial charge in [-0.2, -0.15) is 0 Å². The summed E-state index contributed by atoms with van der Waals surface area (Å²) in [5, 5.41) is 7.81. The van der Waals surface area contributed by atoms with Gasteiger partial charge in [-0.1, -0.05) is 17.7 Å². The van der Waals surface area contributed by atoms with Crippen molar-refractivity contribution in [1.82, 2.24) is 5.32 Å². The van der Waals surface area contributed by atoms with Crippen LogP contribution in [0.2, 0.25) is 5.02 Å². The van der Waals surface area contributed by atoms with Crippen molar-refractivity contribution in [1.29, 1.82) is 0 Å². The minimum atomic E-state index is 0.510. The van der Waals surface area contributed by atoms with Gasteiger partial charge in [0.1, 0.15) is 0 Å². The summed E-state index contributed by atoms with van der Waals surface area (Å²) < 4.78 is 0. The molecule has 1 fully saturated rings. The van der Waals surface area contributed by atoms with Crippen LogP contribution < -0.4 is 10.6 Å². The second-order valence-corrected chi connectivity index (χ2v) is 5.39. The smallest absolute Gasteiger partial charge is 0.0455 e. The summed E-state index contributed by atoms with van der Waals surface area (Å²) in [6.45, 7) is 6.59. The first-order valence-corrected chi connectivity index (χ1v) is 6.78. The molecule has 0 aromatic heterocycles. The van der Waals surface area contributed by atoms with Gasteiger partial charge in [-0.25, -0.2) is 0 Å². The van der Waals surface area contributed by atoms with E-state index in [1.807, 2.05) is 13.0 Å². The molecule has 0 radical (unpaired) electrons. The fourth-order valence-electron chi connectivity index (χ4n) is 2.41. The zero-order chi connectivity index (χ0) is 12.3. The van der Waals surface area contributed by atoms with Gasteiger partial charge in [0, 0.05) is 16.8 Å². The summed E-state index contributed by atoms with van der Waals surface area (Å²) in [6, 6.07) is 6.71. The molecule has 1 aromatic carbocycles.